The zero-order valence-electron chi connectivity index (χ0n) is 17.8. The van der Waals surface area contributed by atoms with E-state index in [2.05, 4.69) is 34.3 Å². The lowest BCUT2D eigenvalue weighted by Crippen LogP contribution is -2.30. The molecule has 0 aromatic heterocycles. The number of hydrogen-bond donors (Lipinski definition) is 1. The topological polar surface area (TPSA) is 90.7 Å². The van der Waals surface area contributed by atoms with Gasteiger partial charge in [-0.1, -0.05) is 48.0 Å². The van der Waals surface area contributed by atoms with Gasteiger partial charge in [0.1, 0.15) is 11.7 Å². The normalized spacial score (nSPS) is 16.1. The smallest absolute Gasteiger partial charge is 0.437 e. The Kier molecular flexibility index (Phi) is 7.02. The highest BCUT2D eigenvalue weighted by Crippen LogP contribution is 2.43. The van der Waals surface area contributed by atoms with Crippen LogP contribution in [0.25, 0.3) is 0 Å². The Balaban J connectivity index is 2.03. The number of methoxy groups -OCH3 is 1. The van der Waals surface area contributed by atoms with Crippen molar-refractivity contribution < 1.29 is 19.2 Å². The van der Waals surface area contributed by atoms with Crippen molar-refractivity contribution >= 4 is 17.9 Å². The van der Waals surface area contributed by atoms with Crippen molar-refractivity contribution in [1.82, 2.24) is 5.32 Å². The molecule has 0 fully saturated rings. The molecule has 2 aromatic carbocycles. The summed E-state index contributed by atoms with van der Waals surface area (Å²) in [7, 11) is 1.20. The van der Waals surface area contributed by atoms with E-state index in [1.54, 1.807) is 25.6 Å². The molecule has 31 heavy (non-hydrogen) atoms. The van der Waals surface area contributed by atoms with Gasteiger partial charge >= 0.3 is 6.16 Å². The summed E-state index contributed by atoms with van der Waals surface area (Å²) in [5.41, 5.74) is 3.90. The van der Waals surface area contributed by atoms with Gasteiger partial charge in [-0.15, -0.1) is 11.8 Å². The van der Waals surface area contributed by atoms with Crippen molar-refractivity contribution in [3.63, 3.8) is 0 Å². The fourth-order valence-electron chi connectivity index (χ4n) is 3.46. The van der Waals surface area contributed by atoms with Crippen LogP contribution in [-0.2, 0) is 15.2 Å². The van der Waals surface area contributed by atoms with Gasteiger partial charge in [-0.2, -0.15) is 0 Å². The van der Waals surface area contributed by atoms with Crippen molar-refractivity contribution in [3.05, 3.63) is 98.2 Å². The maximum absolute atomic E-state index is 12.0. The van der Waals surface area contributed by atoms with Crippen molar-refractivity contribution in [2.45, 2.75) is 37.3 Å². The lowest BCUT2D eigenvalue weighted by Gasteiger charge is -2.27. The Morgan fingerprint density at radius 2 is 1.77 bits per heavy atom. The molecule has 1 aliphatic rings. The number of carbonyl (C=O) groups is 1. The lowest BCUT2D eigenvalue weighted by molar-refractivity contribution is -0.431. The quantitative estimate of drug-likeness (QED) is 0.275. The highest BCUT2D eigenvalue weighted by atomic mass is 32.2. The van der Waals surface area contributed by atoms with Crippen molar-refractivity contribution in [2.75, 3.05) is 7.11 Å². The second-order valence-electron chi connectivity index (χ2n) is 7.18. The van der Waals surface area contributed by atoms with E-state index in [0.29, 0.717) is 22.7 Å². The number of nitro groups is 1. The molecule has 1 N–H and O–H groups in total. The predicted molar refractivity (Wildman–Crippen MR) is 119 cm³/mol. The van der Waals surface area contributed by atoms with Gasteiger partial charge < -0.3 is 14.8 Å². The summed E-state index contributed by atoms with van der Waals surface area (Å²) in [6.45, 7) is 5.40. The third kappa shape index (κ3) is 5.08. The van der Waals surface area contributed by atoms with E-state index >= 15 is 0 Å². The molecule has 7 nitrogen and oxygen atoms in total. The second kappa shape index (κ2) is 9.70. The van der Waals surface area contributed by atoms with Crippen LogP contribution in [0, 0.1) is 17.0 Å². The Morgan fingerprint density at radius 3 is 2.42 bits per heavy atom. The molecule has 0 spiro atoms. The molecule has 1 atom stereocenters. The SMILES string of the molecule is COC(=O)OC1=C(C)NC(C)=C([N+](=O)[O-])C1c1ccccc1SCc1ccc(C)cc1. The minimum absolute atomic E-state index is 0.0621. The summed E-state index contributed by atoms with van der Waals surface area (Å²) in [4.78, 5) is 24.3. The van der Waals surface area contributed by atoms with Crippen molar-refractivity contribution in [1.29, 1.82) is 0 Å². The fourth-order valence-corrected chi connectivity index (χ4v) is 4.50. The predicted octanol–water partition coefficient (Wildman–Crippen LogP) is 5.50. The van der Waals surface area contributed by atoms with E-state index in [-0.39, 0.29) is 11.5 Å². The van der Waals surface area contributed by atoms with Crippen LogP contribution in [0.4, 0.5) is 4.79 Å². The molecule has 0 saturated heterocycles. The third-order valence-electron chi connectivity index (χ3n) is 4.97. The largest absolute Gasteiger partial charge is 0.513 e. The molecule has 1 heterocycles. The lowest BCUT2D eigenvalue weighted by atomic mass is 9.89. The molecule has 8 heteroatoms. The van der Waals surface area contributed by atoms with Crippen LogP contribution in [0.3, 0.4) is 0 Å². The minimum atomic E-state index is -0.923. The number of aryl methyl sites for hydroxylation is 1. The summed E-state index contributed by atoms with van der Waals surface area (Å²) in [6, 6.07) is 15.7. The summed E-state index contributed by atoms with van der Waals surface area (Å²) >= 11 is 1.58. The van der Waals surface area contributed by atoms with Crippen LogP contribution >= 0.6 is 11.8 Å². The zero-order valence-corrected chi connectivity index (χ0v) is 18.6. The number of nitrogens with zero attached hydrogens (tertiary/aromatic N) is 1. The molecular formula is C23H24N2O5S. The number of allylic oxidation sites excluding steroid dienone is 2. The Hall–Kier alpha value is -3.26. The maximum Gasteiger partial charge on any atom is 0.513 e. The standard InChI is InChI=1S/C23H24N2O5S/c1-14-9-11-17(12-10-14)13-31-19-8-6-5-7-18(19)20-21(25(27)28)15(2)24-16(3)22(20)30-23(26)29-4/h5-12,20,24H,13H2,1-4H3. The molecule has 3 rings (SSSR count). The van der Waals surface area contributed by atoms with Gasteiger partial charge in [0.25, 0.3) is 5.70 Å². The first-order valence-corrected chi connectivity index (χ1v) is 10.7. The number of benzene rings is 2. The molecule has 2 aromatic rings. The number of carbonyl (C=O) groups excluding carboxylic acids is 1. The van der Waals surface area contributed by atoms with E-state index in [1.165, 1.54) is 12.7 Å². The van der Waals surface area contributed by atoms with Gasteiger partial charge in [-0.05, 0) is 38.0 Å². The maximum atomic E-state index is 12.0. The number of ether oxygens (including phenoxy) is 2. The number of thioether (sulfide) groups is 1. The van der Waals surface area contributed by atoms with Crippen LogP contribution < -0.4 is 5.32 Å². The Labute approximate surface area is 185 Å². The highest BCUT2D eigenvalue weighted by molar-refractivity contribution is 7.98. The highest BCUT2D eigenvalue weighted by Gasteiger charge is 2.40. The fraction of sp³-hybridized carbons (Fsp3) is 0.261. The van der Waals surface area contributed by atoms with Crippen molar-refractivity contribution in [2.24, 2.45) is 0 Å². The van der Waals surface area contributed by atoms with E-state index < -0.39 is 17.0 Å². The van der Waals surface area contributed by atoms with E-state index in [4.69, 9.17) is 4.74 Å². The molecule has 1 unspecified atom stereocenters. The Bertz CT molecular complexity index is 1060. The van der Waals surface area contributed by atoms with Crippen LogP contribution in [0.1, 0.15) is 36.5 Å². The summed E-state index contributed by atoms with van der Waals surface area (Å²) in [5.74, 6) is 0.0128. The van der Waals surface area contributed by atoms with E-state index in [1.807, 2.05) is 31.2 Å². The minimum Gasteiger partial charge on any atom is -0.437 e. The zero-order chi connectivity index (χ0) is 22.5. The van der Waals surface area contributed by atoms with Gasteiger partial charge in [0.2, 0.25) is 0 Å². The molecule has 0 saturated carbocycles. The number of nitrogens with one attached hydrogen (secondary N) is 1. The molecule has 1 aliphatic heterocycles. The van der Waals surface area contributed by atoms with Gasteiger partial charge in [0.15, 0.2) is 0 Å². The first kappa shape index (κ1) is 22.4. The first-order chi connectivity index (χ1) is 14.8. The summed E-state index contributed by atoms with van der Waals surface area (Å²) in [6.07, 6.45) is -0.923. The van der Waals surface area contributed by atoms with Gasteiger partial charge in [0, 0.05) is 10.6 Å². The van der Waals surface area contributed by atoms with Crippen LogP contribution in [0.5, 0.6) is 0 Å². The van der Waals surface area contributed by atoms with E-state index in [9.17, 15) is 14.9 Å². The molecular weight excluding hydrogens is 416 g/mol. The summed E-state index contributed by atoms with van der Waals surface area (Å²) in [5, 5.41) is 14.9. The molecule has 0 amide bonds. The number of dihydropyridines is 1. The molecule has 162 valence electrons. The summed E-state index contributed by atoms with van der Waals surface area (Å²) < 4.78 is 10.0. The van der Waals surface area contributed by atoms with E-state index in [0.717, 1.165) is 10.5 Å². The molecule has 0 radical (unpaired) electrons. The second-order valence-corrected chi connectivity index (χ2v) is 8.20. The van der Waals surface area contributed by atoms with Gasteiger partial charge in [0.05, 0.1) is 23.4 Å². The molecule has 0 aliphatic carbocycles. The van der Waals surface area contributed by atoms with Crippen molar-refractivity contribution in [3.8, 4) is 0 Å². The average Bonchev–Trinajstić information content (AvgIpc) is 2.74. The van der Waals surface area contributed by atoms with Crippen LogP contribution in [0.15, 0.2) is 76.3 Å². The van der Waals surface area contributed by atoms with Gasteiger partial charge in [-0.3, -0.25) is 10.1 Å². The van der Waals surface area contributed by atoms with Crippen LogP contribution in [-0.4, -0.2) is 18.2 Å². The van der Waals surface area contributed by atoms with Crippen LogP contribution in [0.2, 0.25) is 0 Å². The Morgan fingerprint density at radius 1 is 1.10 bits per heavy atom. The number of rotatable bonds is 6. The monoisotopic (exact) mass is 440 g/mol. The third-order valence-corrected chi connectivity index (χ3v) is 6.13. The van der Waals surface area contributed by atoms with Gasteiger partial charge in [-0.25, -0.2) is 4.79 Å². The number of hydrogen-bond acceptors (Lipinski definition) is 7. The molecule has 0 bridgehead atoms. The first-order valence-electron chi connectivity index (χ1n) is 9.67. The average molecular weight is 441 g/mol.